The van der Waals surface area contributed by atoms with E-state index in [9.17, 15) is 9.90 Å². The van der Waals surface area contributed by atoms with Crippen molar-refractivity contribution in [2.75, 3.05) is 7.05 Å². The van der Waals surface area contributed by atoms with Gasteiger partial charge in [-0.05, 0) is 35.7 Å². The van der Waals surface area contributed by atoms with E-state index >= 15 is 0 Å². The van der Waals surface area contributed by atoms with Gasteiger partial charge < -0.3 is 10.0 Å². The van der Waals surface area contributed by atoms with Gasteiger partial charge in [0.2, 0.25) is 0 Å². The molecule has 0 unspecified atom stereocenters. The molecule has 2 aromatic rings. The Hall–Kier alpha value is -1.81. The molecule has 0 saturated carbocycles. The minimum atomic E-state index is -0.182. The Kier molecular flexibility index (Phi) is 5.02. The van der Waals surface area contributed by atoms with E-state index in [0.717, 1.165) is 22.0 Å². The molecule has 1 N–H and O–H groups in total. The quantitative estimate of drug-likeness (QED) is 0.908. The molecule has 0 aliphatic rings. The van der Waals surface area contributed by atoms with Crippen molar-refractivity contribution in [3.8, 4) is 5.75 Å². The first-order valence-electron chi connectivity index (χ1n) is 6.83. The molecule has 2 aromatic carbocycles. The lowest BCUT2D eigenvalue weighted by Gasteiger charge is -2.19. The van der Waals surface area contributed by atoms with Crippen LogP contribution in [-0.2, 0) is 13.0 Å². The van der Waals surface area contributed by atoms with Crippen LogP contribution in [0.1, 0.15) is 28.4 Å². The number of carbonyl (C=O) groups excluding carboxylic acids is 1. The van der Waals surface area contributed by atoms with Crippen molar-refractivity contribution >= 4 is 21.8 Å². The average Bonchev–Trinajstić information content (AvgIpc) is 2.49. The van der Waals surface area contributed by atoms with E-state index in [1.54, 1.807) is 24.1 Å². The molecule has 21 heavy (non-hydrogen) atoms. The van der Waals surface area contributed by atoms with Crippen molar-refractivity contribution in [1.29, 1.82) is 0 Å². The van der Waals surface area contributed by atoms with Gasteiger partial charge in [-0.1, -0.05) is 47.1 Å². The first-order chi connectivity index (χ1) is 10.0. The maximum absolute atomic E-state index is 12.5. The summed E-state index contributed by atoms with van der Waals surface area (Å²) < 4.78 is 0.969. The van der Waals surface area contributed by atoms with Crippen LogP contribution in [-0.4, -0.2) is 23.0 Å². The van der Waals surface area contributed by atoms with Crippen molar-refractivity contribution in [3.63, 3.8) is 0 Å². The smallest absolute Gasteiger partial charge is 0.257 e. The standard InChI is InChI=1S/C17H18BrNO2/c1-3-12-8-9-16(20)14(10-12)17(21)19(2)11-13-6-4-5-7-15(13)18/h4-10,20H,3,11H2,1-2H3. The summed E-state index contributed by atoms with van der Waals surface area (Å²) in [6.45, 7) is 2.50. The van der Waals surface area contributed by atoms with Gasteiger partial charge >= 0.3 is 0 Å². The normalized spacial score (nSPS) is 10.4. The van der Waals surface area contributed by atoms with Crippen LogP contribution in [0.2, 0.25) is 0 Å². The zero-order valence-electron chi connectivity index (χ0n) is 12.1. The Bertz CT molecular complexity index is 655. The fraction of sp³-hybridized carbons (Fsp3) is 0.235. The van der Waals surface area contributed by atoms with Gasteiger partial charge in [0.1, 0.15) is 5.75 Å². The molecule has 110 valence electrons. The topological polar surface area (TPSA) is 40.5 Å². The summed E-state index contributed by atoms with van der Waals surface area (Å²) >= 11 is 3.48. The first-order valence-corrected chi connectivity index (χ1v) is 7.63. The third-order valence-corrected chi connectivity index (χ3v) is 4.19. The monoisotopic (exact) mass is 347 g/mol. The fourth-order valence-corrected chi connectivity index (χ4v) is 2.54. The highest BCUT2D eigenvalue weighted by Gasteiger charge is 2.17. The van der Waals surface area contributed by atoms with Crippen LogP contribution in [0.25, 0.3) is 0 Å². The molecule has 0 bridgehead atoms. The molecule has 0 saturated heterocycles. The second-order valence-electron chi connectivity index (χ2n) is 4.96. The summed E-state index contributed by atoms with van der Waals surface area (Å²) in [7, 11) is 1.74. The Labute approximate surface area is 133 Å². The predicted octanol–water partition coefficient (Wildman–Crippen LogP) is 3.99. The van der Waals surface area contributed by atoms with Gasteiger partial charge in [0.05, 0.1) is 5.56 Å². The molecule has 0 aliphatic carbocycles. The highest BCUT2D eigenvalue weighted by Crippen LogP contribution is 2.22. The lowest BCUT2D eigenvalue weighted by atomic mass is 10.1. The third-order valence-electron chi connectivity index (χ3n) is 3.41. The van der Waals surface area contributed by atoms with Crippen LogP contribution >= 0.6 is 15.9 Å². The van der Waals surface area contributed by atoms with E-state index in [1.165, 1.54) is 0 Å². The highest BCUT2D eigenvalue weighted by atomic mass is 79.9. The maximum atomic E-state index is 12.5. The molecule has 0 aliphatic heterocycles. The molecular weight excluding hydrogens is 330 g/mol. The van der Waals surface area contributed by atoms with Crippen LogP contribution in [0.3, 0.4) is 0 Å². The molecule has 0 spiro atoms. The molecule has 1 amide bonds. The van der Waals surface area contributed by atoms with Crippen LogP contribution in [0.15, 0.2) is 46.9 Å². The van der Waals surface area contributed by atoms with E-state index in [1.807, 2.05) is 37.3 Å². The van der Waals surface area contributed by atoms with E-state index in [4.69, 9.17) is 0 Å². The minimum Gasteiger partial charge on any atom is -0.507 e. The van der Waals surface area contributed by atoms with Crippen LogP contribution in [0.4, 0.5) is 0 Å². The number of aryl methyl sites for hydroxylation is 1. The van der Waals surface area contributed by atoms with E-state index in [2.05, 4.69) is 15.9 Å². The number of hydrogen-bond acceptors (Lipinski definition) is 2. The van der Waals surface area contributed by atoms with Gasteiger partial charge in [0, 0.05) is 18.1 Å². The lowest BCUT2D eigenvalue weighted by molar-refractivity contribution is 0.0781. The van der Waals surface area contributed by atoms with Crippen LogP contribution < -0.4 is 0 Å². The highest BCUT2D eigenvalue weighted by molar-refractivity contribution is 9.10. The lowest BCUT2D eigenvalue weighted by Crippen LogP contribution is -2.26. The van der Waals surface area contributed by atoms with Crippen LogP contribution in [0, 0.1) is 0 Å². The summed E-state index contributed by atoms with van der Waals surface area (Å²) in [5.74, 6) is -0.158. The first kappa shape index (κ1) is 15.6. The molecule has 2 rings (SSSR count). The van der Waals surface area contributed by atoms with E-state index in [-0.39, 0.29) is 11.7 Å². The summed E-state index contributed by atoms with van der Waals surface area (Å²) in [6, 6.07) is 13.0. The van der Waals surface area contributed by atoms with Gasteiger partial charge in [-0.25, -0.2) is 0 Å². The zero-order valence-corrected chi connectivity index (χ0v) is 13.7. The Morgan fingerprint density at radius 2 is 1.95 bits per heavy atom. The zero-order chi connectivity index (χ0) is 15.4. The van der Waals surface area contributed by atoms with Crippen molar-refractivity contribution in [1.82, 2.24) is 4.90 Å². The average molecular weight is 348 g/mol. The molecule has 0 heterocycles. The van der Waals surface area contributed by atoms with Crippen molar-refractivity contribution in [2.24, 2.45) is 0 Å². The second-order valence-corrected chi connectivity index (χ2v) is 5.81. The summed E-state index contributed by atoms with van der Waals surface area (Å²) in [6.07, 6.45) is 0.828. The second kappa shape index (κ2) is 6.76. The number of amides is 1. The molecule has 0 aromatic heterocycles. The maximum Gasteiger partial charge on any atom is 0.257 e. The summed E-state index contributed by atoms with van der Waals surface area (Å²) in [4.78, 5) is 14.1. The van der Waals surface area contributed by atoms with Crippen molar-refractivity contribution in [2.45, 2.75) is 19.9 Å². The number of phenols is 1. The molecule has 3 nitrogen and oxygen atoms in total. The fourth-order valence-electron chi connectivity index (χ4n) is 2.13. The Balaban J connectivity index is 2.22. The van der Waals surface area contributed by atoms with Crippen molar-refractivity contribution < 1.29 is 9.90 Å². The van der Waals surface area contributed by atoms with Gasteiger partial charge in [-0.2, -0.15) is 0 Å². The number of benzene rings is 2. The van der Waals surface area contributed by atoms with Gasteiger partial charge in [-0.15, -0.1) is 0 Å². The number of nitrogens with zero attached hydrogens (tertiary/aromatic N) is 1. The number of aromatic hydroxyl groups is 1. The summed E-state index contributed by atoms with van der Waals surface area (Å²) in [5, 5.41) is 9.91. The third kappa shape index (κ3) is 3.64. The predicted molar refractivity (Wildman–Crippen MR) is 87.4 cm³/mol. The summed E-state index contributed by atoms with van der Waals surface area (Å²) in [5.41, 5.74) is 2.41. The van der Waals surface area contributed by atoms with Crippen molar-refractivity contribution in [3.05, 3.63) is 63.6 Å². The number of rotatable bonds is 4. The number of carbonyl (C=O) groups is 1. The number of hydrogen-bond donors (Lipinski definition) is 1. The molecule has 4 heteroatoms. The number of halogens is 1. The van der Waals surface area contributed by atoms with Gasteiger partial charge in [-0.3, -0.25) is 4.79 Å². The Morgan fingerprint density at radius 1 is 1.24 bits per heavy atom. The van der Waals surface area contributed by atoms with E-state index in [0.29, 0.717) is 12.1 Å². The largest absolute Gasteiger partial charge is 0.507 e. The van der Waals surface area contributed by atoms with E-state index < -0.39 is 0 Å². The van der Waals surface area contributed by atoms with Gasteiger partial charge in [0.15, 0.2) is 0 Å². The Morgan fingerprint density at radius 3 is 2.62 bits per heavy atom. The minimum absolute atomic E-state index is 0.0242. The van der Waals surface area contributed by atoms with Crippen LogP contribution in [0.5, 0.6) is 5.75 Å². The molecule has 0 fully saturated rings. The number of phenolic OH excluding ortho intramolecular Hbond substituents is 1. The SMILES string of the molecule is CCc1ccc(O)c(C(=O)N(C)Cc2ccccc2Br)c1. The molecular formula is C17H18BrNO2. The molecule has 0 atom stereocenters. The van der Waals surface area contributed by atoms with Gasteiger partial charge in [0.25, 0.3) is 5.91 Å². The molecule has 0 radical (unpaired) electrons.